The first kappa shape index (κ1) is 15.7. The zero-order chi connectivity index (χ0) is 14.6. The van der Waals surface area contributed by atoms with Crippen LogP contribution in [0.5, 0.6) is 0 Å². The van der Waals surface area contributed by atoms with E-state index in [1.807, 2.05) is 13.8 Å². The molecule has 0 fully saturated rings. The van der Waals surface area contributed by atoms with Crippen LogP contribution in [0.25, 0.3) is 0 Å². The normalized spacial score (nSPS) is 13.5. The second-order valence-electron chi connectivity index (χ2n) is 4.65. The third kappa shape index (κ3) is 4.09. The Bertz CT molecular complexity index is 529. The van der Waals surface area contributed by atoms with Gasteiger partial charge in [0, 0.05) is 12.2 Å². The molecule has 0 spiro atoms. The van der Waals surface area contributed by atoms with Gasteiger partial charge in [0.1, 0.15) is 4.90 Å². The lowest BCUT2D eigenvalue weighted by molar-refractivity contribution is 0.138. The highest BCUT2D eigenvalue weighted by atomic mass is 32.2. The molecule has 1 unspecified atom stereocenters. The number of sulfonamides is 1. The maximum Gasteiger partial charge on any atom is 0.242 e. The molecule has 0 aliphatic rings. The first-order chi connectivity index (χ1) is 8.77. The van der Waals surface area contributed by atoms with Crippen LogP contribution < -0.4 is 15.8 Å². The summed E-state index contributed by atoms with van der Waals surface area (Å²) in [7, 11) is -2.21. The van der Waals surface area contributed by atoms with Crippen LogP contribution in [-0.4, -0.2) is 33.2 Å². The summed E-state index contributed by atoms with van der Waals surface area (Å²) in [5.41, 5.74) is 6.57. The molecule has 19 heavy (non-hydrogen) atoms. The van der Waals surface area contributed by atoms with E-state index in [9.17, 15) is 13.5 Å². The average molecular weight is 287 g/mol. The van der Waals surface area contributed by atoms with Gasteiger partial charge in [0.05, 0.1) is 11.8 Å². The SMILES string of the molecule is CNS(=O)(=O)c1ccc(NCC(O)C(C)C)cc1N. The average Bonchev–Trinajstić information content (AvgIpc) is 2.35. The van der Waals surface area contributed by atoms with E-state index in [1.54, 1.807) is 6.07 Å². The van der Waals surface area contributed by atoms with E-state index in [1.165, 1.54) is 19.2 Å². The van der Waals surface area contributed by atoms with Crippen molar-refractivity contribution in [3.63, 3.8) is 0 Å². The van der Waals surface area contributed by atoms with Gasteiger partial charge in [-0.05, 0) is 31.2 Å². The molecule has 0 saturated carbocycles. The van der Waals surface area contributed by atoms with Crippen molar-refractivity contribution in [1.29, 1.82) is 0 Å². The van der Waals surface area contributed by atoms with Gasteiger partial charge < -0.3 is 16.2 Å². The maximum absolute atomic E-state index is 11.6. The summed E-state index contributed by atoms with van der Waals surface area (Å²) in [6, 6.07) is 4.59. The minimum Gasteiger partial charge on any atom is -0.398 e. The maximum atomic E-state index is 11.6. The van der Waals surface area contributed by atoms with E-state index in [2.05, 4.69) is 10.0 Å². The number of rotatable bonds is 6. The first-order valence-electron chi connectivity index (χ1n) is 6.03. The van der Waals surface area contributed by atoms with Crippen LogP contribution in [0.4, 0.5) is 11.4 Å². The standard InChI is InChI=1S/C12H21N3O3S/c1-8(2)11(16)7-15-9-4-5-12(10(13)6-9)19(17,18)14-3/h4-6,8,11,14-16H,7,13H2,1-3H3. The number of hydrogen-bond donors (Lipinski definition) is 4. The lowest BCUT2D eigenvalue weighted by Crippen LogP contribution is -2.25. The van der Waals surface area contributed by atoms with Crippen molar-refractivity contribution in [1.82, 2.24) is 4.72 Å². The molecule has 0 aliphatic heterocycles. The molecule has 1 aromatic rings. The Morgan fingerprint density at radius 3 is 2.47 bits per heavy atom. The van der Waals surface area contributed by atoms with E-state index in [0.29, 0.717) is 12.2 Å². The van der Waals surface area contributed by atoms with E-state index in [0.717, 1.165) is 0 Å². The lowest BCUT2D eigenvalue weighted by atomic mass is 10.1. The molecule has 0 heterocycles. The van der Waals surface area contributed by atoms with Crippen LogP contribution in [0.2, 0.25) is 0 Å². The quantitative estimate of drug-likeness (QED) is 0.574. The van der Waals surface area contributed by atoms with E-state index in [4.69, 9.17) is 5.73 Å². The Morgan fingerprint density at radius 2 is 2.00 bits per heavy atom. The minimum absolute atomic E-state index is 0.0463. The molecular weight excluding hydrogens is 266 g/mol. The van der Waals surface area contributed by atoms with Crippen molar-refractivity contribution >= 4 is 21.4 Å². The molecule has 5 N–H and O–H groups in total. The van der Waals surface area contributed by atoms with Gasteiger partial charge in [-0.3, -0.25) is 0 Å². The molecule has 1 rings (SSSR count). The number of hydrogen-bond acceptors (Lipinski definition) is 5. The fraction of sp³-hybridized carbons (Fsp3) is 0.500. The predicted octanol–water partition coefficient (Wildman–Crippen LogP) is 0.606. The first-order valence-corrected chi connectivity index (χ1v) is 7.51. The molecule has 1 atom stereocenters. The second-order valence-corrected chi connectivity index (χ2v) is 6.51. The smallest absolute Gasteiger partial charge is 0.242 e. The van der Waals surface area contributed by atoms with Crippen molar-refractivity contribution in [2.45, 2.75) is 24.8 Å². The monoisotopic (exact) mass is 287 g/mol. The van der Waals surface area contributed by atoms with Crippen LogP contribution in [0.15, 0.2) is 23.1 Å². The highest BCUT2D eigenvalue weighted by molar-refractivity contribution is 7.89. The topological polar surface area (TPSA) is 104 Å². The van der Waals surface area contributed by atoms with Gasteiger partial charge in [0.2, 0.25) is 10.0 Å². The van der Waals surface area contributed by atoms with Gasteiger partial charge in [-0.15, -0.1) is 0 Å². The zero-order valence-corrected chi connectivity index (χ0v) is 12.2. The number of nitrogens with two attached hydrogens (primary N) is 1. The molecule has 0 amide bonds. The van der Waals surface area contributed by atoms with Crippen LogP contribution in [0.1, 0.15) is 13.8 Å². The number of benzene rings is 1. The third-order valence-electron chi connectivity index (χ3n) is 2.85. The Labute approximate surface area is 114 Å². The second kappa shape index (κ2) is 6.23. The van der Waals surface area contributed by atoms with Crippen molar-refractivity contribution in [3.05, 3.63) is 18.2 Å². The molecule has 0 aromatic heterocycles. The van der Waals surface area contributed by atoms with Gasteiger partial charge in [0.25, 0.3) is 0 Å². The number of nitrogens with one attached hydrogen (secondary N) is 2. The van der Waals surface area contributed by atoms with Crippen molar-refractivity contribution < 1.29 is 13.5 Å². The Hall–Kier alpha value is -1.31. The zero-order valence-electron chi connectivity index (χ0n) is 11.3. The number of anilines is 2. The van der Waals surface area contributed by atoms with Gasteiger partial charge in [-0.2, -0.15) is 0 Å². The predicted molar refractivity (Wildman–Crippen MR) is 76.4 cm³/mol. The molecule has 1 aromatic carbocycles. The van der Waals surface area contributed by atoms with Crippen LogP contribution >= 0.6 is 0 Å². The Kier molecular flexibility index (Phi) is 5.16. The number of aliphatic hydroxyl groups is 1. The molecule has 7 heteroatoms. The highest BCUT2D eigenvalue weighted by Crippen LogP contribution is 2.22. The summed E-state index contributed by atoms with van der Waals surface area (Å²) in [6.07, 6.45) is -0.470. The largest absolute Gasteiger partial charge is 0.398 e. The molecule has 0 aliphatic carbocycles. The number of aliphatic hydroxyl groups excluding tert-OH is 1. The van der Waals surface area contributed by atoms with E-state index >= 15 is 0 Å². The Morgan fingerprint density at radius 1 is 1.37 bits per heavy atom. The fourth-order valence-electron chi connectivity index (χ4n) is 1.47. The van der Waals surface area contributed by atoms with E-state index < -0.39 is 16.1 Å². The molecule has 6 nitrogen and oxygen atoms in total. The van der Waals surface area contributed by atoms with Crippen LogP contribution in [0, 0.1) is 5.92 Å². The summed E-state index contributed by atoms with van der Waals surface area (Å²) < 4.78 is 25.5. The Balaban J connectivity index is 2.84. The van der Waals surface area contributed by atoms with Gasteiger partial charge in [-0.1, -0.05) is 13.8 Å². The molecule has 0 radical (unpaired) electrons. The van der Waals surface area contributed by atoms with Gasteiger partial charge in [-0.25, -0.2) is 13.1 Å². The molecular formula is C12H21N3O3S. The summed E-state index contributed by atoms with van der Waals surface area (Å²) in [6.45, 7) is 4.22. The highest BCUT2D eigenvalue weighted by Gasteiger charge is 2.15. The van der Waals surface area contributed by atoms with Crippen molar-refractivity contribution in [2.75, 3.05) is 24.6 Å². The van der Waals surface area contributed by atoms with Crippen LogP contribution in [0.3, 0.4) is 0 Å². The number of nitrogen functional groups attached to an aromatic ring is 1. The molecule has 0 bridgehead atoms. The van der Waals surface area contributed by atoms with Crippen molar-refractivity contribution in [3.8, 4) is 0 Å². The summed E-state index contributed by atoms with van der Waals surface area (Å²) in [4.78, 5) is 0.0463. The summed E-state index contributed by atoms with van der Waals surface area (Å²) in [5.74, 6) is 0.147. The fourth-order valence-corrected chi connectivity index (χ4v) is 2.31. The molecule has 108 valence electrons. The summed E-state index contributed by atoms with van der Waals surface area (Å²) in [5, 5.41) is 12.7. The third-order valence-corrected chi connectivity index (χ3v) is 4.34. The van der Waals surface area contributed by atoms with Gasteiger partial charge in [0.15, 0.2) is 0 Å². The van der Waals surface area contributed by atoms with Crippen molar-refractivity contribution in [2.24, 2.45) is 5.92 Å². The lowest BCUT2D eigenvalue weighted by Gasteiger charge is -2.16. The molecule has 0 saturated heterocycles. The minimum atomic E-state index is -3.54. The van der Waals surface area contributed by atoms with E-state index in [-0.39, 0.29) is 16.5 Å². The summed E-state index contributed by atoms with van der Waals surface area (Å²) >= 11 is 0. The van der Waals surface area contributed by atoms with Crippen LogP contribution in [-0.2, 0) is 10.0 Å². The van der Waals surface area contributed by atoms with Gasteiger partial charge >= 0.3 is 0 Å².